The van der Waals surface area contributed by atoms with Gasteiger partial charge >= 0.3 is 0 Å². The molecule has 0 bridgehead atoms. The predicted molar refractivity (Wildman–Crippen MR) is 98.2 cm³/mol. The first kappa shape index (κ1) is 17.9. The molecule has 0 spiro atoms. The van der Waals surface area contributed by atoms with Gasteiger partial charge in [0.1, 0.15) is 19.0 Å². The molecule has 2 nitrogen and oxygen atoms in total. The number of benzene rings is 2. The second-order valence-corrected chi connectivity index (χ2v) is 6.21. The molecule has 0 aromatic heterocycles. The smallest absolute Gasteiger partial charge is 0.119 e. The van der Waals surface area contributed by atoms with E-state index in [1.54, 1.807) is 6.92 Å². The molecule has 0 aliphatic carbocycles. The van der Waals surface area contributed by atoms with Crippen LogP contribution in [0.3, 0.4) is 0 Å². The molecule has 0 N–H and O–H groups in total. The highest BCUT2D eigenvalue weighted by Gasteiger charge is 2.03. The molecule has 0 saturated carbocycles. The van der Waals surface area contributed by atoms with Gasteiger partial charge in [-0.3, -0.25) is 0 Å². The molecule has 0 aliphatic rings. The summed E-state index contributed by atoms with van der Waals surface area (Å²) in [5, 5.41) is 0.779. The molecule has 4 heteroatoms. The number of hydrogen-bond acceptors (Lipinski definition) is 2. The molecule has 0 aliphatic heterocycles. The minimum absolute atomic E-state index is 0.451. The van der Waals surface area contributed by atoms with Gasteiger partial charge in [-0.2, -0.15) is 0 Å². The number of rotatable bonds is 7. The van der Waals surface area contributed by atoms with Crippen molar-refractivity contribution in [3.8, 4) is 17.6 Å². The zero-order valence-corrected chi connectivity index (χ0v) is 15.3. The Morgan fingerprint density at radius 3 is 2.61 bits per heavy atom. The zero-order chi connectivity index (χ0) is 16.5. The van der Waals surface area contributed by atoms with Gasteiger partial charge in [-0.25, -0.2) is 0 Å². The largest absolute Gasteiger partial charge is 0.491 e. The van der Waals surface area contributed by atoms with Crippen molar-refractivity contribution in [3.05, 3.63) is 63.1 Å². The Morgan fingerprint density at radius 1 is 1.09 bits per heavy atom. The Morgan fingerprint density at radius 2 is 1.87 bits per heavy atom. The van der Waals surface area contributed by atoms with Crippen LogP contribution < -0.4 is 4.74 Å². The summed E-state index contributed by atoms with van der Waals surface area (Å²) in [6, 6.07) is 13.9. The maximum Gasteiger partial charge on any atom is 0.119 e. The van der Waals surface area contributed by atoms with E-state index in [1.807, 2.05) is 30.3 Å². The third-order valence-electron chi connectivity index (χ3n) is 3.17. The van der Waals surface area contributed by atoms with Crippen LogP contribution in [0.5, 0.6) is 5.75 Å². The van der Waals surface area contributed by atoms with Gasteiger partial charge in [-0.05, 0) is 54.8 Å². The van der Waals surface area contributed by atoms with Crippen LogP contribution in [0.15, 0.2) is 46.9 Å². The Bertz CT molecular complexity index is 687. The van der Waals surface area contributed by atoms with Crippen LogP contribution in [-0.4, -0.2) is 19.8 Å². The van der Waals surface area contributed by atoms with Crippen molar-refractivity contribution in [1.29, 1.82) is 0 Å². The normalized spacial score (nSPS) is 10.0. The first-order valence-corrected chi connectivity index (χ1v) is 8.49. The highest BCUT2D eigenvalue weighted by Crippen LogP contribution is 2.24. The Balaban J connectivity index is 1.84. The quantitative estimate of drug-likeness (QED) is 0.480. The molecule has 0 fully saturated rings. The first-order chi connectivity index (χ1) is 11.2. The van der Waals surface area contributed by atoms with Crippen molar-refractivity contribution < 1.29 is 9.47 Å². The van der Waals surface area contributed by atoms with Gasteiger partial charge in [0.05, 0.1) is 6.61 Å². The van der Waals surface area contributed by atoms with Crippen molar-refractivity contribution in [1.82, 2.24) is 0 Å². The van der Waals surface area contributed by atoms with E-state index in [0.717, 1.165) is 27.2 Å². The highest BCUT2D eigenvalue weighted by atomic mass is 79.9. The van der Waals surface area contributed by atoms with E-state index in [4.69, 9.17) is 21.1 Å². The molecule has 0 amide bonds. The molecule has 0 atom stereocenters. The average molecular weight is 394 g/mol. The lowest BCUT2D eigenvalue weighted by Crippen LogP contribution is -2.06. The van der Waals surface area contributed by atoms with Crippen molar-refractivity contribution in [2.45, 2.75) is 13.3 Å². The molecular weight excluding hydrogens is 376 g/mol. The van der Waals surface area contributed by atoms with Crippen LogP contribution >= 0.6 is 27.5 Å². The number of ether oxygens (including phenoxy) is 2. The van der Waals surface area contributed by atoms with Gasteiger partial charge in [0.25, 0.3) is 0 Å². The monoisotopic (exact) mass is 392 g/mol. The molecular formula is C19H18BrClO2. The Hall–Kier alpha value is -1.47. The molecule has 23 heavy (non-hydrogen) atoms. The summed E-state index contributed by atoms with van der Waals surface area (Å²) in [6.45, 7) is 3.29. The summed E-state index contributed by atoms with van der Waals surface area (Å²) in [5.41, 5.74) is 2.28. The van der Waals surface area contributed by atoms with Gasteiger partial charge in [0.2, 0.25) is 0 Å². The van der Waals surface area contributed by atoms with Crippen LogP contribution in [0, 0.1) is 11.8 Å². The summed E-state index contributed by atoms with van der Waals surface area (Å²) in [5.74, 6) is 6.46. The molecule has 120 valence electrons. The maximum absolute atomic E-state index is 6.23. The Kier molecular flexibility index (Phi) is 7.48. The molecule has 2 aromatic carbocycles. The third kappa shape index (κ3) is 6.27. The lowest BCUT2D eigenvalue weighted by Gasteiger charge is -2.08. The van der Waals surface area contributed by atoms with Gasteiger partial charge in [0.15, 0.2) is 0 Å². The summed E-state index contributed by atoms with van der Waals surface area (Å²) in [7, 11) is 0. The van der Waals surface area contributed by atoms with E-state index < -0.39 is 0 Å². The fourth-order valence-corrected chi connectivity index (χ4v) is 2.61. The number of halogens is 2. The third-order valence-corrected chi connectivity index (χ3v) is 4.04. The van der Waals surface area contributed by atoms with E-state index in [2.05, 4.69) is 39.9 Å². The summed E-state index contributed by atoms with van der Waals surface area (Å²) in [4.78, 5) is 0. The van der Waals surface area contributed by atoms with Crippen molar-refractivity contribution in [3.63, 3.8) is 0 Å². The van der Waals surface area contributed by atoms with E-state index in [9.17, 15) is 0 Å². The van der Waals surface area contributed by atoms with Crippen molar-refractivity contribution in [2.75, 3.05) is 19.8 Å². The second-order valence-electron chi connectivity index (χ2n) is 4.88. The lowest BCUT2D eigenvalue weighted by atomic mass is 10.1. The van der Waals surface area contributed by atoms with E-state index in [1.165, 1.54) is 5.56 Å². The Labute approximate surface area is 150 Å². The predicted octanol–water partition coefficient (Wildman–Crippen LogP) is 5.11. The molecule has 0 radical (unpaired) electrons. The highest BCUT2D eigenvalue weighted by molar-refractivity contribution is 9.10. The van der Waals surface area contributed by atoms with Gasteiger partial charge in [0, 0.05) is 9.50 Å². The van der Waals surface area contributed by atoms with Crippen LogP contribution in [0.1, 0.15) is 18.1 Å². The fraction of sp³-hybridized carbons (Fsp3) is 0.263. The molecule has 0 heterocycles. The van der Waals surface area contributed by atoms with Crippen LogP contribution in [-0.2, 0) is 11.2 Å². The van der Waals surface area contributed by atoms with E-state index in [0.29, 0.717) is 19.8 Å². The second kappa shape index (κ2) is 9.62. The van der Waals surface area contributed by atoms with Crippen LogP contribution in [0.2, 0.25) is 5.02 Å². The van der Waals surface area contributed by atoms with Crippen LogP contribution in [0.25, 0.3) is 0 Å². The summed E-state index contributed by atoms with van der Waals surface area (Å²) < 4.78 is 12.0. The van der Waals surface area contributed by atoms with Gasteiger partial charge < -0.3 is 9.47 Å². The van der Waals surface area contributed by atoms with Crippen molar-refractivity contribution >= 4 is 27.5 Å². The minimum Gasteiger partial charge on any atom is -0.491 e. The first-order valence-electron chi connectivity index (χ1n) is 7.32. The lowest BCUT2D eigenvalue weighted by molar-refractivity contribution is 0.124. The topological polar surface area (TPSA) is 18.5 Å². The molecule has 0 saturated heterocycles. The van der Waals surface area contributed by atoms with Crippen molar-refractivity contribution in [2.24, 2.45) is 0 Å². The van der Waals surface area contributed by atoms with Gasteiger partial charge in [-0.15, -0.1) is 5.92 Å². The molecule has 0 unspecified atom stereocenters. The van der Waals surface area contributed by atoms with Gasteiger partial charge in [-0.1, -0.05) is 45.6 Å². The number of hydrogen-bond donors (Lipinski definition) is 0. The average Bonchev–Trinajstić information content (AvgIpc) is 2.56. The summed E-state index contributed by atoms with van der Waals surface area (Å²) >= 11 is 9.70. The molecule has 2 rings (SSSR count). The van der Waals surface area contributed by atoms with Crippen LogP contribution in [0.4, 0.5) is 0 Å². The zero-order valence-electron chi connectivity index (χ0n) is 12.9. The summed E-state index contributed by atoms with van der Waals surface area (Å²) in [6.07, 6.45) is 0.789. The van der Waals surface area contributed by atoms with E-state index in [-0.39, 0.29) is 0 Å². The maximum atomic E-state index is 6.23. The molecule has 2 aromatic rings. The fourth-order valence-electron chi connectivity index (χ4n) is 2.02. The van der Waals surface area contributed by atoms with E-state index >= 15 is 0 Å². The standard InChI is InChI=1S/C19H18BrClO2/c1-2-3-10-22-11-12-23-18-7-4-15(5-8-18)13-16-14-17(20)6-9-19(16)21/h4-9,14H,10-13H2,1H3. The minimum atomic E-state index is 0.451. The SMILES string of the molecule is CC#CCOCCOc1ccc(Cc2cc(Br)ccc2Cl)cc1.